The molecule has 108 valence electrons. The Bertz CT molecular complexity index is 470. The van der Waals surface area contributed by atoms with Crippen LogP contribution in [0.5, 0.6) is 0 Å². The molecule has 0 N–H and O–H groups in total. The Hall–Kier alpha value is -0.820. The zero-order valence-electron chi connectivity index (χ0n) is 12.6. The Kier molecular flexibility index (Phi) is 3.34. The smallest absolute Gasteiger partial charge is 0.0636 e. The molecule has 0 heterocycles. The van der Waals surface area contributed by atoms with E-state index in [2.05, 4.69) is 24.3 Å². The van der Waals surface area contributed by atoms with Crippen molar-refractivity contribution in [3.63, 3.8) is 0 Å². The molecule has 0 aromatic carbocycles. The van der Waals surface area contributed by atoms with Crippen LogP contribution in [-0.2, 0) is 4.74 Å². The molecule has 1 fully saturated rings. The number of methoxy groups -OCH3 is 1. The van der Waals surface area contributed by atoms with E-state index in [-0.39, 0.29) is 0 Å². The molecule has 4 aliphatic rings. The number of hydrogen-bond donors (Lipinski definition) is 0. The lowest BCUT2D eigenvalue weighted by Gasteiger charge is -2.48. The molecule has 5 atom stereocenters. The standard InChI is InChI=1S/C19H26O/c1-20-19-8-4-7-15-17-10-9-13-5-2-3-6-14(13)16(17)11-12-18(15)19/h3,6,11-12,15-19H,2,4-5,7-10H2,1H3. The van der Waals surface area contributed by atoms with Crippen LogP contribution in [0.2, 0.25) is 0 Å². The molecule has 0 bridgehead atoms. The lowest BCUT2D eigenvalue weighted by atomic mass is 9.58. The fourth-order valence-corrected chi connectivity index (χ4v) is 5.33. The molecule has 0 amide bonds. The summed E-state index contributed by atoms with van der Waals surface area (Å²) in [6.45, 7) is 0. The van der Waals surface area contributed by atoms with Crippen molar-refractivity contribution in [3.05, 3.63) is 35.5 Å². The van der Waals surface area contributed by atoms with Gasteiger partial charge in [0.2, 0.25) is 0 Å². The fraction of sp³-hybridized carbons (Fsp3) is 0.684. The van der Waals surface area contributed by atoms with Crippen LogP contribution in [0.3, 0.4) is 0 Å². The van der Waals surface area contributed by atoms with Crippen LogP contribution < -0.4 is 0 Å². The Morgan fingerprint density at radius 3 is 2.90 bits per heavy atom. The maximum absolute atomic E-state index is 5.77. The van der Waals surface area contributed by atoms with Crippen molar-refractivity contribution >= 4 is 0 Å². The molecule has 1 nitrogen and oxygen atoms in total. The third kappa shape index (κ3) is 1.94. The normalized spacial score (nSPS) is 43.0. The van der Waals surface area contributed by atoms with E-state index in [1.54, 1.807) is 11.1 Å². The first-order chi connectivity index (χ1) is 9.88. The van der Waals surface area contributed by atoms with E-state index in [0.717, 1.165) is 11.8 Å². The molecule has 20 heavy (non-hydrogen) atoms. The molecule has 0 spiro atoms. The second-order valence-electron chi connectivity index (χ2n) is 7.06. The summed E-state index contributed by atoms with van der Waals surface area (Å²) in [7, 11) is 1.90. The summed E-state index contributed by atoms with van der Waals surface area (Å²) in [6, 6.07) is 0. The minimum atomic E-state index is 0.475. The number of hydrogen-bond acceptors (Lipinski definition) is 1. The Morgan fingerprint density at radius 1 is 1.05 bits per heavy atom. The molecule has 1 saturated carbocycles. The van der Waals surface area contributed by atoms with Crippen LogP contribution >= 0.6 is 0 Å². The zero-order chi connectivity index (χ0) is 13.5. The highest BCUT2D eigenvalue weighted by Crippen LogP contribution is 2.51. The Labute approximate surface area is 122 Å². The van der Waals surface area contributed by atoms with Gasteiger partial charge in [-0.25, -0.2) is 0 Å². The molecule has 0 aromatic heterocycles. The van der Waals surface area contributed by atoms with E-state index in [1.807, 2.05) is 7.11 Å². The Morgan fingerprint density at radius 2 is 2.00 bits per heavy atom. The number of rotatable bonds is 1. The average Bonchev–Trinajstić information content (AvgIpc) is 2.53. The van der Waals surface area contributed by atoms with Gasteiger partial charge in [0.05, 0.1) is 6.10 Å². The van der Waals surface area contributed by atoms with Gasteiger partial charge < -0.3 is 4.74 Å². The van der Waals surface area contributed by atoms with Crippen LogP contribution in [0.15, 0.2) is 35.5 Å². The summed E-state index contributed by atoms with van der Waals surface area (Å²) in [5, 5.41) is 0. The van der Waals surface area contributed by atoms with Crippen molar-refractivity contribution in [2.75, 3.05) is 7.11 Å². The number of allylic oxidation sites excluding steroid dienone is 5. The SMILES string of the molecule is COC1CCCC2C1C=CC1C3=C(CCC=C3)CCC12. The third-order valence-corrected chi connectivity index (χ3v) is 6.26. The van der Waals surface area contributed by atoms with E-state index in [1.165, 1.54) is 44.9 Å². The van der Waals surface area contributed by atoms with Gasteiger partial charge in [-0.2, -0.15) is 0 Å². The average molecular weight is 270 g/mol. The van der Waals surface area contributed by atoms with Gasteiger partial charge in [0.1, 0.15) is 0 Å². The molecular formula is C19H26O. The number of fused-ring (bicyclic) bond motifs is 4. The van der Waals surface area contributed by atoms with Crippen LogP contribution in [0, 0.1) is 23.7 Å². The maximum atomic E-state index is 5.77. The molecule has 4 rings (SSSR count). The monoisotopic (exact) mass is 270 g/mol. The van der Waals surface area contributed by atoms with Crippen molar-refractivity contribution < 1.29 is 4.74 Å². The molecule has 1 heteroatoms. The van der Waals surface area contributed by atoms with Crippen molar-refractivity contribution in [2.45, 2.75) is 51.0 Å². The highest BCUT2D eigenvalue weighted by molar-refractivity contribution is 5.38. The van der Waals surface area contributed by atoms with E-state index < -0.39 is 0 Å². The topological polar surface area (TPSA) is 9.23 Å². The summed E-state index contributed by atoms with van der Waals surface area (Å²) in [5.74, 6) is 3.15. The minimum Gasteiger partial charge on any atom is -0.381 e. The molecule has 4 aliphatic carbocycles. The molecular weight excluding hydrogens is 244 g/mol. The van der Waals surface area contributed by atoms with Gasteiger partial charge in [-0.1, -0.05) is 36.3 Å². The van der Waals surface area contributed by atoms with Gasteiger partial charge in [-0.3, -0.25) is 0 Å². The molecule has 0 radical (unpaired) electrons. The summed E-state index contributed by atoms with van der Waals surface area (Å²) in [4.78, 5) is 0. The van der Waals surface area contributed by atoms with Gasteiger partial charge in [0, 0.05) is 18.9 Å². The molecule has 0 saturated heterocycles. The van der Waals surface area contributed by atoms with E-state index in [4.69, 9.17) is 4.74 Å². The molecule has 5 unspecified atom stereocenters. The molecule has 0 aliphatic heterocycles. The van der Waals surface area contributed by atoms with Crippen LogP contribution in [-0.4, -0.2) is 13.2 Å². The highest BCUT2D eigenvalue weighted by Gasteiger charge is 2.44. The second-order valence-corrected chi connectivity index (χ2v) is 7.06. The first-order valence-corrected chi connectivity index (χ1v) is 8.48. The lowest BCUT2D eigenvalue weighted by Crippen LogP contribution is -2.42. The molecule has 0 aromatic rings. The van der Waals surface area contributed by atoms with Gasteiger partial charge in [-0.15, -0.1) is 0 Å². The predicted octanol–water partition coefficient (Wildman–Crippen LogP) is 4.66. The van der Waals surface area contributed by atoms with Crippen LogP contribution in [0.4, 0.5) is 0 Å². The first kappa shape index (κ1) is 12.9. The highest BCUT2D eigenvalue weighted by atomic mass is 16.5. The maximum Gasteiger partial charge on any atom is 0.0636 e. The van der Waals surface area contributed by atoms with Gasteiger partial charge in [0.25, 0.3) is 0 Å². The van der Waals surface area contributed by atoms with Crippen molar-refractivity contribution in [1.29, 1.82) is 0 Å². The number of ether oxygens (including phenoxy) is 1. The predicted molar refractivity (Wildman–Crippen MR) is 82.4 cm³/mol. The first-order valence-electron chi connectivity index (χ1n) is 8.48. The summed E-state index contributed by atoms with van der Waals surface area (Å²) in [5.41, 5.74) is 3.44. The van der Waals surface area contributed by atoms with Crippen LogP contribution in [0.25, 0.3) is 0 Å². The minimum absolute atomic E-state index is 0.475. The fourth-order valence-electron chi connectivity index (χ4n) is 5.33. The van der Waals surface area contributed by atoms with Gasteiger partial charge in [-0.05, 0) is 55.9 Å². The summed E-state index contributed by atoms with van der Waals surface area (Å²) >= 11 is 0. The Balaban J connectivity index is 1.67. The van der Waals surface area contributed by atoms with E-state index in [0.29, 0.717) is 17.9 Å². The van der Waals surface area contributed by atoms with Crippen LogP contribution in [0.1, 0.15) is 44.9 Å². The van der Waals surface area contributed by atoms with Crippen molar-refractivity contribution in [2.24, 2.45) is 23.7 Å². The van der Waals surface area contributed by atoms with E-state index in [9.17, 15) is 0 Å². The third-order valence-electron chi connectivity index (χ3n) is 6.26. The lowest BCUT2D eigenvalue weighted by molar-refractivity contribution is -0.0118. The second kappa shape index (κ2) is 5.18. The van der Waals surface area contributed by atoms with E-state index >= 15 is 0 Å². The summed E-state index contributed by atoms with van der Waals surface area (Å²) < 4.78 is 5.77. The van der Waals surface area contributed by atoms with Gasteiger partial charge in [0.15, 0.2) is 0 Å². The summed E-state index contributed by atoms with van der Waals surface area (Å²) in [6.07, 6.45) is 19.7. The zero-order valence-corrected chi connectivity index (χ0v) is 12.6. The van der Waals surface area contributed by atoms with Crippen molar-refractivity contribution in [1.82, 2.24) is 0 Å². The largest absolute Gasteiger partial charge is 0.381 e. The quantitative estimate of drug-likeness (QED) is 0.630. The van der Waals surface area contributed by atoms with Crippen molar-refractivity contribution in [3.8, 4) is 0 Å². The van der Waals surface area contributed by atoms with Gasteiger partial charge >= 0.3 is 0 Å².